The van der Waals surface area contributed by atoms with Crippen molar-refractivity contribution in [2.75, 3.05) is 11.9 Å². The van der Waals surface area contributed by atoms with Crippen LogP contribution in [0.15, 0.2) is 35.2 Å². The predicted octanol–water partition coefficient (Wildman–Crippen LogP) is 3.50. The third kappa shape index (κ3) is 3.45. The van der Waals surface area contributed by atoms with Crippen LogP contribution in [0.5, 0.6) is 0 Å². The fraction of sp³-hybridized carbons (Fsp3) is 0.312. The molecule has 5 nitrogen and oxygen atoms in total. The van der Waals surface area contributed by atoms with Crippen molar-refractivity contribution < 1.29 is 17.8 Å². The molecule has 2 aromatic rings. The smallest absolute Gasteiger partial charge is 0.297 e. The molecule has 0 radical (unpaired) electrons. The number of carbonyl (C=O) groups excluding carboxylic acids is 1. The van der Waals surface area contributed by atoms with Crippen LogP contribution in [-0.4, -0.2) is 25.8 Å². The molecule has 2 aromatic carbocycles. The summed E-state index contributed by atoms with van der Waals surface area (Å²) >= 11 is 0. The lowest BCUT2D eigenvalue weighted by Gasteiger charge is -2.14. The van der Waals surface area contributed by atoms with Gasteiger partial charge in [-0.3, -0.25) is 9.35 Å². The number of unbranched alkanes of at least 4 members (excludes halogenated alkanes) is 2. The molecule has 0 spiro atoms. The topological polar surface area (TPSA) is 83.5 Å². The van der Waals surface area contributed by atoms with Gasteiger partial charge in [-0.15, -0.1) is 0 Å². The minimum atomic E-state index is -4.50. The van der Waals surface area contributed by atoms with Crippen molar-refractivity contribution in [3.63, 3.8) is 0 Å². The largest absolute Gasteiger partial charge is 0.384 e. The van der Waals surface area contributed by atoms with E-state index < -0.39 is 10.1 Å². The molecular formula is C16H19NO4S. The Hall–Kier alpha value is -1.92. The Morgan fingerprint density at radius 2 is 1.95 bits per heavy atom. The van der Waals surface area contributed by atoms with Crippen LogP contribution in [-0.2, 0) is 10.1 Å². The average Bonchev–Trinajstić information content (AvgIpc) is 2.49. The van der Waals surface area contributed by atoms with E-state index in [-0.39, 0.29) is 16.1 Å². The maximum atomic E-state index is 11.7. The van der Waals surface area contributed by atoms with E-state index in [1.165, 1.54) is 0 Å². The molecule has 0 amide bonds. The van der Waals surface area contributed by atoms with E-state index in [2.05, 4.69) is 12.2 Å². The van der Waals surface area contributed by atoms with E-state index in [1.54, 1.807) is 24.3 Å². The monoisotopic (exact) mass is 321 g/mol. The minimum Gasteiger partial charge on any atom is -0.384 e. The van der Waals surface area contributed by atoms with Gasteiger partial charge in [0.2, 0.25) is 0 Å². The van der Waals surface area contributed by atoms with Crippen LogP contribution in [0, 0.1) is 0 Å². The van der Waals surface area contributed by atoms with E-state index in [0.717, 1.165) is 24.6 Å². The zero-order chi connectivity index (χ0) is 16.2. The third-order valence-corrected chi connectivity index (χ3v) is 4.47. The molecule has 0 unspecified atom stereocenters. The highest BCUT2D eigenvalue weighted by Crippen LogP contribution is 2.32. The summed E-state index contributed by atoms with van der Waals surface area (Å²) in [5, 5.41) is 4.27. The van der Waals surface area contributed by atoms with Crippen molar-refractivity contribution in [2.45, 2.75) is 31.1 Å². The van der Waals surface area contributed by atoms with Gasteiger partial charge in [0.15, 0.2) is 6.29 Å². The van der Waals surface area contributed by atoms with Crippen molar-refractivity contribution in [3.8, 4) is 0 Å². The van der Waals surface area contributed by atoms with Crippen LogP contribution in [0.25, 0.3) is 10.8 Å². The molecule has 0 saturated carbocycles. The molecule has 118 valence electrons. The summed E-state index contributed by atoms with van der Waals surface area (Å²) in [5.74, 6) is 0. The maximum Gasteiger partial charge on any atom is 0.297 e. The lowest BCUT2D eigenvalue weighted by atomic mass is 10.0. The Morgan fingerprint density at radius 3 is 2.59 bits per heavy atom. The Kier molecular flexibility index (Phi) is 5.15. The van der Waals surface area contributed by atoms with Crippen molar-refractivity contribution in [1.82, 2.24) is 0 Å². The summed E-state index contributed by atoms with van der Waals surface area (Å²) in [6.45, 7) is 2.65. The van der Waals surface area contributed by atoms with Crippen LogP contribution in [0.4, 0.5) is 5.69 Å². The number of fused-ring (bicyclic) bond motifs is 1. The molecule has 0 heterocycles. The van der Waals surface area contributed by atoms with E-state index in [9.17, 15) is 17.8 Å². The molecule has 0 aromatic heterocycles. The van der Waals surface area contributed by atoms with Gasteiger partial charge in [-0.25, -0.2) is 0 Å². The first-order valence-corrected chi connectivity index (χ1v) is 8.65. The highest BCUT2D eigenvalue weighted by Gasteiger charge is 2.22. The van der Waals surface area contributed by atoms with Crippen molar-refractivity contribution in [3.05, 3.63) is 35.9 Å². The molecule has 6 heteroatoms. The third-order valence-electron chi connectivity index (χ3n) is 3.51. The highest BCUT2D eigenvalue weighted by atomic mass is 32.2. The molecule has 0 atom stereocenters. The highest BCUT2D eigenvalue weighted by molar-refractivity contribution is 7.86. The first-order chi connectivity index (χ1) is 10.5. The molecule has 0 aliphatic carbocycles. The van der Waals surface area contributed by atoms with Gasteiger partial charge >= 0.3 is 0 Å². The summed E-state index contributed by atoms with van der Waals surface area (Å²) in [6, 6.07) is 8.64. The second-order valence-corrected chi connectivity index (χ2v) is 6.47. The summed E-state index contributed by atoms with van der Waals surface area (Å²) in [7, 11) is -4.50. The molecule has 2 rings (SSSR count). The summed E-state index contributed by atoms with van der Waals surface area (Å²) in [4.78, 5) is 11.1. The number of carbonyl (C=O) groups is 1. The SMILES string of the molecule is CCCCCNc1cc2ccccc2c(C=O)c1S(=O)(=O)O. The van der Waals surface area contributed by atoms with E-state index >= 15 is 0 Å². The van der Waals surface area contributed by atoms with E-state index in [4.69, 9.17) is 0 Å². The van der Waals surface area contributed by atoms with Crippen LogP contribution in [0.3, 0.4) is 0 Å². The number of nitrogens with one attached hydrogen (secondary N) is 1. The first-order valence-electron chi connectivity index (χ1n) is 7.21. The Morgan fingerprint density at radius 1 is 1.23 bits per heavy atom. The zero-order valence-electron chi connectivity index (χ0n) is 12.4. The van der Waals surface area contributed by atoms with Gasteiger partial charge in [0.25, 0.3) is 10.1 Å². The number of rotatable bonds is 7. The standard InChI is InChI=1S/C16H19NO4S/c1-2-3-6-9-17-15-10-12-7-4-5-8-13(12)14(11-18)16(15)22(19,20)21/h4-5,7-8,10-11,17H,2-3,6,9H2,1H3,(H,19,20,21). The maximum absolute atomic E-state index is 11.7. The lowest BCUT2D eigenvalue weighted by Crippen LogP contribution is -2.11. The molecule has 0 aliphatic rings. The summed E-state index contributed by atoms with van der Waals surface area (Å²) in [6.07, 6.45) is 3.42. The zero-order valence-corrected chi connectivity index (χ0v) is 13.2. The quantitative estimate of drug-likeness (QED) is 0.463. The van der Waals surface area contributed by atoms with Gasteiger partial charge in [0.05, 0.1) is 5.69 Å². The number of benzene rings is 2. The van der Waals surface area contributed by atoms with Gasteiger partial charge in [0, 0.05) is 12.1 Å². The molecule has 0 aliphatic heterocycles. The summed E-state index contributed by atoms with van der Waals surface area (Å²) < 4.78 is 33.0. The second-order valence-electron chi connectivity index (χ2n) is 5.11. The average molecular weight is 321 g/mol. The Labute approximate surface area is 130 Å². The second kappa shape index (κ2) is 6.89. The molecule has 2 N–H and O–H groups in total. The number of hydrogen-bond donors (Lipinski definition) is 2. The molecule has 0 saturated heterocycles. The van der Waals surface area contributed by atoms with Crippen molar-refractivity contribution in [1.29, 1.82) is 0 Å². The van der Waals surface area contributed by atoms with Gasteiger partial charge in [0.1, 0.15) is 4.90 Å². The number of aldehydes is 1. The fourth-order valence-electron chi connectivity index (χ4n) is 2.48. The lowest BCUT2D eigenvalue weighted by molar-refractivity contribution is 0.112. The van der Waals surface area contributed by atoms with Crippen molar-refractivity contribution in [2.24, 2.45) is 0 Å². The van der Waals surface area contributed by atoms with E-state index in [1.807, 2.05) is 6.07 Å². The minimum absolute atomic E-state index is 0.0152. The van der Waals surface area contributed by atoms with Gasteiger partial charge in [-0.05, 0) is 23.3 Å². The molecule has 22 heavy (non-hydrogen) atoms. The van der Waals surface area contributed by atoms with Crippen LogP contribution in [0.2, 0.25) is 0 Å². The fourth-order valence-corrected chi connectivity index (χ4v) is 3.33. The normalized spacial score (nSPS) is 11.5. The molecule has 0 fully saturated rings. The van der Waals surface area contributed by atoms with Gasteiger partial charge < -0.3 is 5.32 Å². The Balaban J connectivity index is 2.60. The van der Waals surface area contributed by atoms with Crippen LogP contribution >= 0.6 is 0 Å². The number of anilines is 1. The molecular weight excluding hydrogens is 302 g/mol. The van der Waals surface area contributed by atoms with E-state index in [0.29, 0.717) is 18.2 Å². The van der Waals surface area contributed by atoms with Crippen LogP contribution < -0.4 is 5.32 Å². The van der Waals surface area contributed by atoms with Gasteiger partial charge in [-0.2, -0.15) is 8.42 Å². The summed E-state index contributed by atoms with van der Waals surface area (Å²) in [5.41, 5.74) is 0.248. The Bertz CT molecular complexity index is 784. The van der Waals surface area contributed by atoms with Crippen molar-refractivity contribution >= 4 is 32.9 Å². The first kappa shape index (κ1) is 16.5. The van der Waals surface area contributed by atoms with Crippen LogP contribution in [0.1, 0.15) is 36.5 Å². The van der Waals surface area contributed by atoms with Gasteiger partial charge in [-0.1, -0.05) is 44.0 Å². The number of hydrogen-bond acceptors (Lipinski definition) is 4. The molecule has 0 bridgehead atoms. The predicted molar refractivity (Wildman–Crippen MR) is 87.2 cm³/mol.